The molecule has 0 saturated carbocycles. The number of benzene rings is 2. The fraction of sp³-hybridized carbons (Fsp3) is 0.333. The summed E-state index contributed by atoms with van der Waals surface area (Å²) < 4.78 is 23.5. The summed E-state index contributed by atoms with van der Waals surface area (Å²) in [6.45, 7) is 5.93. The highest BCUT2D eigenvalue weighted by Gasteiger charge is 2.19. The normalized spacial score (nSPS) is 13.5. The molecule has 0 heterocycles. The van der Waals surface area contributed by atoms with Gasteiger partial charge in [0.1, 0.15) is 17.8 Å². The first-order valence-electron chi connectivity index (χ1n) is 8.16. The molecule has 2 rings (SSSR count). The van der Waals surface area contributed by atoms with Crippen LogP contribution in [0.4, 0.5) is 5.69 Å². The van der Waals surface area contributed by atoms with Gasteiger partial charge in [-0.1, -0.05) is 13.8 Å². The molecule has 0 aliphatic heterocycles. The van der Waals surface area contributed by atoms with Crippen molar-refractivity contribution < 1.29 is 23.8 Å². The van der Waals surface area contributed by atoms with Crippen molar-refractivity contribution in [3.63, 3.8) is 0 Å². The van der Waals surface area contributed by atoms with Crippen molar-refractivity contribution in [1.29, 1.82) is 0 Å². The van der Waals surface area contributed by atoms with E-state index in [1.165, 1.54) is 7.11 Å². The molecule has 1 atom stereocenters. The first kappa shape index (κ1) is 22.2. The average Bonchev–Trinajstić information content (AvgIpc) is 2.58. The molecule has 0 aromatic heterocycles. The molecule has 27 heavy (non-hydrogen) atoms. The van der Waals surface area contributed by atoms with E-state index < -0.39 is 7.60 Å². The average molecular weight is 523 g/mol. The van der Waals surface area contributed by atoms with Gasteiger partial charge in [0.25, 0.3) is 0 Å². The molecule has 0 amide bonds. The first-order chi connectivity index (χ1) is 12.6. The molecular formula is C18H22Br2NO5P. The van der Waals surface area contributed by atoms with Crippen molar-refractivity contribution >= 4 is 45.1 Å². The number of phenolic OH excluding ortho intramolecular Hbond substituents is 1. The van der Waals surface area contributed by atoms with Crippen LogP contribution < -0.4 is 10.1 Å². The molecule has 3 N–H and O–H groups in total. The third kappa shape index (κ3) is 5.48. The molecule has 0 bridgehead atoms. The highest BCUT2D eigenvalue weighted by Crippen LogP contribution is 2.44. The van der Waals surface area contributed by atoms with Crippen LogP contribution >= 0.6 is 39.5 Å². The van der Waals surface area contributed by atoms with E-state index in [1.54, 1.807) is 24.3 Å². The van der Waals surface area contributed by atoms with Crippen LogP contribution in [-0.2, 0) is 9.09 Å². The summed E-state index contributed by atoms with van der Waals surface area (Å²) in [4.78, 5) is 9.50. The number of phenols is 1. The summed E-state index contributed by atoms with van der Waals surface area (Å²) in [5, 5.41) is 13.0. The van der Waals surface area contributed by atoms with Gasteiger partial charge in [0.05, 0.1) is 8.95 Å². The van der Waals surface area contributed by atoms with Crippen LogP contribution in [0.3, 0.4) is 0 Å². The lowest BCUT2D eigenvalue weighted by molar-refractivity contribution is 0.318. The summed E-state index contributed by atoms with van der Waals surface area (Å²) in [6.07, 6.45) is -0.211. The maximum Gasteiger partial charge on any atom is 0.346 e. The Bertz CT molecular complexity index is 865. The zero-order chi connectivity index (χ0) is 20.4. The number of nitrogens with one attached hydrogen (secondary N) is 1. The maximum atomic E-state index is 11.6. The fourth-order valence-electron chi connectivity index (χ4n) is 2.66. The maximum absolute atomic E-state index is 11.6. The number of hydrogen-bond acceptors (Lipinski definition) is 5. The third-order valence-electron chi connectivity index (χ3n) is 4.00. The Hall–Kier alpha value is -1.05. The minimum absolute atomic E-state index is 0.155. The van der Waals surface area contributed by atoms with Crippen molar-refractivity contribution in [3.8, 4) is 17.2 Å². The summed E-state index contributed by atoms with van der Waals surface area (Å²) in [7, 11) is -2.47. The van der Waals surface area contributed by atoms with Gasteiger partial charge >= 0.3 is 7.60 Å². The van der Waals surface area contributed by atoms with E-state index in [-0.39, 0.29) is 18.0 Å². The number of rotatable bonds is 7. The predicted octanol–water partition coefficient (Wildman–Crippen LogP) is 6.34. The number of halogens is 2. The zero-order valence-corrected chi connectivity index (χ0v) is 19.5. The van der Waals surface area contributed by atoms with Gasteiger partial charge < -0.3 is 24.6 Å². The Morgan fingerprint density at radius 3 is 2.33 bits per heavy atom. The Kier molecular flexibility index (Phi) is 7.39. The topological polar surface area (TPSA) is 88.0 Å². The molecule has 0 saturated heterocycles. The second-order valence-electron chi connectivity index (χ2n) is 6.30. The van der Waals surface area contributed by atoms with Crippen molar-refractivity contribution in [2.24, 2.45) is 0 Å². The third-order valence-corrected chi connectivity index (χ3v) is 6.30. The predicted molar refractivity (Wildman–Crippen MR) is 114 cm³/mol. The van der Waals surface area contributed by atoms with Gasteiger partial charge in [-0.25, -0.2) is 0 Å². The Morgan fingerprint density at radius 1 is 1.22 bits per heavy atom. The summed E-state index contributed by atoms with van der Waals surface area (Å²) >= 11 is 6.94. The Morgan fingerprint density at radius 2 is 1.81 bits per heavy atom. The van der Waals surface area contributed by atoms with Crippen LogP contribution in [0.15, 0.2) is 33.2 Å². The SMILES string of the molecule is COP(=O)(O)CNc1cc(Br)c(Oc2ccc(O)c(C(C)C)c2C)c(Br)c1. The highest BCUT2D eigenvalue weighted by molar-refractivity contribution is 9.11. The van der Waals surface area contributed by atoms with Crippen LogP contribution in [-0.4, -0.2) is 23.4 Å². The monoisotopic (exact) mass is 521 g/mol. The smallest absolute Gasteiger partial charge is 0.346 e. The molecule has 0 aliphatic rings. The van der Waals surface area contributed by atoms with Crippen LogP contribution in [0, 0.1) is 6.92 Å². The van der Waals surface area contributed by atoms with Crippen molar-refractivity contribution in [2.45, 2.75) is 26.7 Å². The van der Waals surface area contributed by atoms with E-state index in [0.717, 1.165) is 11.1 Å². The van der Waals surface area contributed by atoms with E-state index in [4.69, 9.17) is 4.74 Å². The minimum Gasteiger partial charge on any atom is -0.508 e. The zero-order valence-electron chi connectivity index (χ0n) is 15.4. The molecule has 2 aromatic carbocycles. The molecule has 0 fully saturated rings. The number of anilines is 1. The second-order valence-corrected chi connectivity index (χ2v) is 9.97. The molecule has 0 spiro atoms. The van der Waals surface area contributed by atoms with E-state index in [1.807, 2.05) is 20.8 Å². The molecular weight excluding hydrogens is 501 g/mol. The fourth-order valence-corrected chi connectivity index (χ4v) is 4.52. The lowest BCUT2D eigenvalue weighted by atomic mass is 9.96. The van der Waals surface area contributed by atoms with Gasteiger partial charge in [-0.05, 0) is 74.5 Å². The van der Waals surface area contributed by atoms with Gasteiger partial charge in [-0.3, -0.25) is 4.57 Å². The van der Waals surface area contributed by atoms with Gasteiger partial charge in [0.15, 0.2) is 5.75 Å². The molecule has 2 aromatic rings. The minimum atomic E-state index is -3.66. The lowest BCUT2D eigenvalue weighted by Crippen LogP contribution is -2.04. The van der Waals surface area contributed by atoms with Crippen molar-refractivity contribution in [3.05, 3.63) is 44.3 Å². The van der Waals surface area contributed by atoms with E-state index in [0.29, 0.717) is 26.1 Å². The van der Waals surface area contributed by atoms with E-state index >= 15 is 0 Å². The molecule has 148 valence electrons. The van der Waals surface area contributed by atoms with Crippen molar-refractivity contribution in [2.75, 3.05) is 18.7 Å². The number of ether oxygens (including phenoxy) is 1. The van der Waals surface area contributed by atoms with Crippen LogP contribution in [0.25, 0.3) is 0 Å². The van der Waals surface area contributed by atoms with Gasteiger partial charge in [-0.15, -0.1) is 0 Å². The molecule has 0 aliphatic carbocycles. The van der Waals surface area contributed by atoms with E-state index in [2.05, 4.69) is 41.7 Å². The first-order valence-corrected chi connectivity index (χ1v) is 11.5. The standard InChI is InChI=1S/C18H22Br2NO5P/c1-10(2)17-11(3)16(6-5-15(17)22)26-18-13(19)7-12(8-14(18)20)21-9-27(23,24)25-4/h5-8,10,21-22H,9H2,1-4H3,(H,23,24). The van der Waals surface area contributed by atoms with Gasteiger partial charge in [0.2, 0.25) is 0 Å². The lowest BCUT2D eigenvalue weighted by Gasteiger charge is -2.18. The van der Waals surface area contributed by atoms with Gasteiger partial charge in [-0.2, -0.15) is 0 Å². The number of aromatic hydroxyl groups is 1. The van der Waals surface area contributed by atoms with Gasteiger partial charge in [0, 0.05) is 18.4 Å². The number of hydrogen-bond donors (Lipinski definition) is 3. The second kappa shape index (κ2) is 8.97. The highest BCUT2D eigenvalue weighted by atomic mass is 79.9. The molecule has 9 heteroatoms. The van der Waals surface area contributed by atoms with Crippen molar-refractivity contribution in [1.82, 2.24) is 0 Å². The Labute approximate surface area is 175 Å². The quantitative estimate of drug-likeness (QED) is 0.367. The van der Waals surface area contributed by atoms with Crippen LogP contribution in [0.5, 0.6) is 17.2 Å². The van der Waals surface area contributed by atoms with Crippen LogP contribution in [0.1, 0.15) is 30.9 Å². The summed E-state index contributed by atoms with van der Waals surface area (Å²) in [5.74, 6) is 1.60. The summed E-state index contributed by atoms with van der Waals surface area (Å²) in [5.41, 5.74) is 2.33. The Balaban J connectivity index is 2.31. The molecule has 0 radical (unpaired) electrons. The largest absolute Gasteiger partial charge is 0.508 e. The van der Waals surface area contributed by atoms with Crippen LogP contribution in [0.2, 0.25) is 0 Å². The van der Waals surface area contributed by atoms with E-state index in [9.17, 15) is 14.6 Å². The molecule has 6 nitrogen and oxygen atoms in total. The molecule has 1 unspecified atom stereocenters. The summed E-state index contributed by atoms with van der Waals surface area (Å²) in [6, 6.07) is 6.84.